The van der Waals surface area contributed by atoms with Gasteiger partial charge in [-0.3, -0.25) is 9.69 Å². The minimum absolute atomic E-state index is 0.151. The summed E-state index contributed by atoms with van der Waals surface area (Å²) in [5, 5.41) is 1.81. The first kappa shape index (κ1) is 22.7. The largest absolute Gasteiger partial charge is 0.495 e. The fraction of sp³-hybridized carbons (Fsp3) is 0.111. The van der Waals surface area contributed by atoms with Gasteiger partial charge in [-0.1, -0.05) is 84.1 Å². The molecular weight excluding hydrogens is 484 g/mol. The average Bonchev–Trinajstić information content (AvgIpc) is 3.28. The normalized spacial score (nSPS) is 15.0. The highest BCUT2D eigenvalue weighted by Crippen LogP contribution is 2.41. The zero-order chi connectivity index (χ0) is 23.8. The number of thiocarbonyl (C=S) groups is 1. The summed E-state index contributed by atoms with van der Waals surface area (Å²) in [6.07, 6.45) is 1.95. The lowest BCUT2D eigenvalue weighted by Gasteiger charge is -2.17. The number of halogens is 1. The van der Waals surface area contributed by atoms with Gasteiger partial charge in [-0.2, -0.15) is 0 Å². The molecule has 0 N–H and O–H groups in total. The van der Waals surface area contributed by atoms with Crippen LogP contribution in [-0.4, -0.2) is 21.9 Å². The number of para-hydroxylation sites is 3. The van der Waals surface area contributed by atoms with Crippen molar-refractivity contribution >= 4 is 68.5 Å². The molecule has 0 aliphatic carbocycles. The van der Waals surface area contributed by atoms with Gasteiger partial charge < -0.3 is 9.30 Å². The summed E-state index contributed by atoms with van der Waals surface area (Å²) in [7, 11) is 1.59. The van der Waals surface area contributed by atoms with Gasteiger partial charge in [0, 0.05) is 33.7 Å². The van der Waals surface area contributed by atoms with Crippen molar-refractivity contribution in [1.29, 1.82) is 0 Å². The van der Waals surface area contributed by atoms with Gasteiger partial charge in [0.25, 0.3) is 5.91 Å². The molecule has 1 aromatic heterocycles. The molecule has 0 spiro atoms. The Morgan fingerprint density at radius 1 is 1.03 bits per heavy atom. The van der Waals surface area contributed by atoms with Crippen LogP contribution in [0.5, 0.6) is 5.75 Å². The third-order valence-corrected chi connectivity index (χ3v) is 7.63. The van der Waals surface area contributed by atoms with Crippen LogP contribution in [0.2, 0.25) is 5.02 Å². The number of aromatic nitrogens is 1. The van der Waals surface area contributed by atoms with Gasteiger partial charge in [-0.25, -0.2) is 0 Å². The molecule has 1 amide bonds. The molecule has 3 aromatic carbocycles. The Hall–Kier alpha value is -3.06. The van der Waals surface area contributed by atoms with E-state index in [1.165, 1.54) is 11.8 Å². The van der Waals surface area contributed by atoms with E-state index in [0.29, 0.717) is 27.2 Å². The number of hydrogen-bond donors (Lipinski definition) is 0. The maximum Gasteiger partial charge on any atom is 0.270 e. The second-order valence-corrected chi connectivity index (χ2v) is 9.97. The molecule has 1 aliphatic heterocycles. The van der Waals surface area contributed by atoms with Crippen molar-refractivity contribution in [3.63, 3.8) is 0 Å². The smallest absolute Gasteiger partial charge is 0.270 e. The number of benzene rings is 3. The van der Waals surface area contributed by atoms with Gasteiger partial charge in [0.05, 0.1) is 17.7 Å². The molecule has 5 rings (SSSR count). The van der Waals surface area contributed by atoms with Crippen molar-refractivity contribution in [3.05, 3.63) is 99.5 Å². The quantitative estimate of drug-likeness (QED) is 0.215. The van der Waals surface area contributed by atoms with Gasteiger partial charge in [0.15, 0.2) is 4.32 Å². The minimum Gasteiger partial charge on any atom is -0.495 e. The first-order valence-corrected chi connectivity index (χ1v) is 12.3. The van der Waals surface area contributed by atoms with Crippen LogP contribution in [-0.2, 0) is 11.3 Å². The fourth-order valence-electron chi connectivity index (χ4n) is 4.26. The Kier molecular flexibility index (Phi) is 6.21. The number of carbonyl (C=O) groups excluding carboxylic acids is 1. The predicted octanol–water partition coefficient (Wildman–Crippen LogP) is 7.07. The summed E-state index contributed by atoms with van der Waals surface area (Å²) in [5.74, 6) is 0.453. The Labute approximate surface area is 212 Å². The lowest BCUT2D eigenvalue weighted by atomic mass is 10.1. The topological polar surface area (TPSA) is 34.5 Å². The molecule has 34 heavy (non-hydrogen) atoms. The molecule has 1 saturated heterocycles. The summed E-state index contributed by atoms with van der Waals surface area (Å²) >= 11 is 13.3. The molecule has 170 valence electrons. The van der Waals surface area contributed by atoms with E-state index in [-0.39, 0.29) is 5.91 Å². The van der Waals surface area contributed by atoms with E-state index in [9.17, 15) is 4.79 Å². The van der Waals surface area contributed by atoms with Crippen LogP contribution in [0.3, 0.4) is 0 Å². The number of nitrogens with zero attached hydrogens (tertiary/aromatic N) is 2. The van der Waals surface area contributed by atoms with E-state index >= 15 is 0 Å². The molecule has 0 radical (unpaired) electrons. The summed E-state index contributed by atoms with van der Waals surface area (Å²) < 4.78 is 8.18. The third kappa shape index (κ3) is 3.92. The Morgan fingerprint density at radius 2 is 1.74 bits per heavy atom. The number of carbonyl (C=O) groups is 1. The Balaban J connectivity index is 1.59. The third-order valence-electron chi connectivity index (χ3n) is 5.96. The van der Waals surface area contributed by atoms with Crippen molar-refractivity contribution < 1.29 is 9.53 Å². The van der Waals surface area contributed by atoms with E-state index in [4.69, 9.17) is 28.6 Å². The van der Waals surface area contributed by atoms with Gasteiger partial charge in [0.1, 0.15) is 5.75 Å². The molecule has 0 atom stereocenters. The van der Waals surface area contributed by atoms with Crippen molar-refractivity contribution in [2.45, 2.75) is 13.5 Å². The first-order valence-electron chi connectivity index (χ1n) is 10.7. The van der Waals surface area contributed by atoms with Crippen molar-refractivity contribution in [1.82, 2.24) is 4.57 Å². The van der Waals surface area contributed by atoms with E-state index in [0.717, 1.165) is 32.7 Å². The molecule has 1 aliphatic rings. The minimum atomic E-state index is -0.151. The molecule has 0 saturated carbocycles. The molecular formula is C27H21ClN2O2S2. The maximum absolute atomic E-state index is 13.4. The van der Waals surface area contributed by atoms with E-state index < -0.39 is 0 Å². The predicted molar refractivity (Wildman–Crippen MR) is 146 cm³/mol. The fourth-order valence-corrected chi connectivity index (χ4v) is 5.72. The summed E-state index contributed by atoms with van der Waals surface area (Å²) in [5.41, 5.74) is 4.84. The maximum atomic E-state index is 13.4. The Morgan fingerprint density at radius 3 is 2.53 bits per heavy atom. The highest BCUT2D eigenvalue weighted by Gasteiger charge is 2.35. The van der Waals surface area contributed by atoms with Crippen LogP contribution in [0.1, 0.15) is 16.8 Å². The van der Waals surface area contributed by atoms with Gasteiger partial charge in [0.2, 0.25) is 0 Å². The molecule has 0 bridgehead atoms. The van der Waals surface area contributed by atoms with Gasteiger partial charge in [-0.05, 0) is 42.8 Å². The monoisotopic (exact) mass is 504 g/mol. The van der Waals surface area contributed by atoms with Crippen molar-refractivity contribution in [2.24, 2.45) is 0 Å². The van der Waals surface area contributed by atoms with Crippen LogP contribution >= 0.6 is 35.6 Å². The van der Waals surface area contributed by atoms with Crippen LogP contribution in [0.4, 0.5) is 5.69 Å². The van der Waals surface area contributed by atoms with E-state index in [2.05, 4.69) is 23.6 Å². The highest BCUT2D eigenvalue weighted by atomic mass is 35.5. The van der Waals surface area contributed by atoms with Crippen LogP contribution < -0.4 is 9.64 Å². The SMILES string of the molecule is COc1ccccc1N1C(=O)/C(=C/c2c(C)n(Cc3ccccc3Cl)c3ccccc23)SC1=S. The standard InChI is InChI=1S/C27H21ClN2O2S2/c1-17-20(15-25-26(31)30(27(33)34-25)23-13-7-8-14-24(23)32-2)19-10-4-6-12-22(19)29(17)16-18-9-3-5-11-21(18)28/h3-15H,16H2,1-2H3/b25-15-. The lowest BCUT2D eigenvalue weighted by Crippen LogP contribution is -2.27. The number of anilines is 1. The molecule has 1 fully saturated rings. The highest BCUT2D eigenvalue weighted by molar-refractivity contribution is 8.27. The Bertz CT molecular complexity index is 1470. The van der Waals surface area contributed by atoms with Crippen LogP contribution in [0, 0.1) is 6.92 Å². The van der Waals surface area contributed by atoms with Gasteiger partial charge in [-0.15, -0.1) is 0 Å². The van der Waals surface area contributed by atoms with E-state index in [1.54, 1.807) is 12.0 Å². The van der Waals surface area contributed by atoms with Crippen LogP contribution in [0.25, 0.3) is 17.0 Å². The van der Waals surface area contributed by atoms with Crippen LogP contribution in [0.15, 0.2) is 77.7 Å². The number of amides is 1. The summed E-state index contributed by atoms with van der Waals surface area (Å²) in [4.78, 5) is 15.6. The van der Waals surface area contributed by atoms with Crippen molar-refractivity contribution in [2.75, 3.05) is 12.0 Å². The second-order valence-electron chi connectivity index (χ2n) is 7.88. The van der Waals surface area contributed by atoms with Crippen molar-refractivity contribution in [3.8, 4) is 5.75 Å². The molecule has 4 nitrogen and oxygen atoms in total. The number of ether oxygens (including phenoxy) is 1. The van der Waals surface area contributed by atoms with E-state index in [1.807, 2.05) is 66.7 Å². The lowest BCUT2D eigenvalue weighted by molar-refractivity contribution is -0.113. The summed E-state index contributed by atoms with van der Waals surface area (Å²) in [6, 6.07) is 23.5. The zero-order valence-corrected chi connectivity index (χ0v) is 21.0. The number of thioether (sulfide) groups is 1. The van der Waals surface area contributed by atoms with Gasteiger partial charge >= 0.3 is 0 Å². The number of rotatable bonds is 5. The molecule has 2 heterocycles. The number of fused-ring (bicyclic) bond motifs is 1. The zero-order valence-electron chi connectivity index (χ0n) is 18.6. The molecule has 0 unspecified atom stereocenters. The average molecular weight is 505 g/mol. The second kappa shape index (κ2) is 9.29. The molecule has 7 heteroatoms. The first-order chi connectivity index (χ1) is 16.5. The number of methoxy groups -OCH3 is 1. The summed E-state index contributed by atoms with van der Waals surface area (Å²) in [6.45, 7) is 2.71. The molecule has 4 aromatic rings. The number of hydrogen-bond acceptors (Lipinski definition) is 4.